The number of aliphatic hydroxyl groups is 1. The Balaban J connectivity index is 1.84. The Morgan fingerprint density at radius 1 is 1.33 bits per heavy atom. The van der Waals surface area contributed by atoms with Crippen molar-refractivity contribution in [2.75, 3.05) is 0 Å². The maximum Gasteiger partial charge on any atom is 0.262 e. The lowest BCUT2D eigenvalue weighted by Gasteiger charge is -2.32. The van der Waals surface area contributed by atoms with E-state index in [0.717, 1.165) is 0 Å². The van der Waals surface area contributed by atoms with Crippen LogP contribution in [0.4, 0.5) is 4.39 Å². The molecule has 24 heavy (non-hydrogen) atoms. The standard InChI is InChI=1S/C17H15Cl2FN2O2/c18-12-4-1-5-13(19)10(12)9-22-16(24)17(20)7-6-14(23)15-11(17)3-2-8-21-15/h1-5,8,14,23H,6-7,9H2,(H,22,24)/t14-,17-/m0/s1. The van der Waals surface area contributed by atoms with E-state index in [1.165, 1.54) is 12.3 Å². The summed E-state index contributed by atoms with van der Waals surface area (Å²) in [7, 11) is 0. The van der Waals surface area contributed by atoms with Crippen LogP contribution in [0.5, 0.6) is 0 Å². The minimum Gasteiger partial charge on any atom is -0.387 e. The molecule has 1 amide bonds. The molecule has 0 spiro atoms. The summed E-state index contributed by atoms with van der Waals surface area (Å²) in [6.07, 6.45) is 0.612. The van der Waals surface area contributed by atoms with E-state index in [-0.39, 0.29) is 30.6 Å². The van der Waals surface area contributed by atoms with Crippen molar-refractivity contribution in [2.24, 2.45) is 0 Å². The predicted molar refractivity (Wildman–Crippen MR) is 89.5 cm³/mol. The molecule has 0 fully saturated rings. The van der Waals surface area contributed by atoms with Gasteiger partial charge in [-0.2, -0.15) is 0 Å². The average molecular weight is 369 g/mol. The molecular weight excluding hydrogens is 354 g/mol. The monoisotopic (exact) mass is 368 g/mol. The first-order valence-electron chi connectivity index (χ1n) is 7.47. The van der Waals surface area contributed by atoms with Gasteiger partial charge in [0.25, 0.3) is 5.91 Å². The molecule has 126 valence electrons. The van der Waals surface area contributed by atoms with Crippen molar-refractivity contribution in [3.63, 3.8) is 0 Å². The Labute approximate surface area is 148 Å². The number of hydrogen-bond donors (Lipinski definition) is 2. The van der Waals surface area contributed by atoms with Crippen LogP contribution < -0.4 is 5.32 Å². The van der Waals surface area contributed by atoms with E-state index in [1.54, 1.807) is 24.3 Å². The van der Waals surface area contributed by atoms with Gasteiger partial charge in [0.15, 0.2) is 0 Å². The third-order valence-corrected chi connectivity index (χ3v) is 4.90. The molecule has 0 saturated heterocycles. The van der Waals surface area contributed by atoms with Crippen LogP contribution in [-0.4, -0.2) is 16.0 Å². The number of fused-ring (bicyclic) bond motifs is 1. The zero-order valence-electron chi connectivity index (χ0n) is 12.6. The van der Waals surface area contributed by atoms with Crippen molar-refractivity contribution in [3.05, 3.63) is 63.4 Å². The van der Waals surface area contributed by atoms with E-state index in [1.807, 2.05) is 0 Å². The second kappa shape index (κ2) is 6.67. The molecule has 0 bridgehead atoms. The maximum atomic E-state index is 15.4. The van der Waals surface area contributed by atoms with Gasteiger partial charge < -0.3 is 10.4 Å². The molecule has 1 aliphatic rings. The topological polar surface area (TPSA) is 62.2 Å². The van der Waals surface area contributed by atoms with E-state index in [9.17, 15) is 9.90 Å². The number of carbonyl (C=O) groups is 1. The van der Waals surface area contributed by atoms with Crippen molar-refractivity contribution >= 4 is 29.1 Å². The van der Waals surface area contributed by atoms with Gasteiger partial charge in [-0.1, -0.05) is 35.3 Å². The number of nitrogens with zero attached hydrogens (tertiary/aromatic N) is 1. The number of benzene rings is 1. The number of aromatic nitrogens is 1. The minimum atomic E-state index is -2.24. The third kappa shape index (κ3) is 2.99. The number of rotatable bonds is 3. The molecule has 4 nitrogen and oxygen atoms in total. The Kier molecular flexibility index (Phi) is 4.76. The highest BCUT2D eigenvalue weighted by Gasteiger charge is 2.46. The smallest absolute Gasteiger partial charge is 0.262 e. The molecule has 7 heteroatoms. The summed E-state index contributed by atoms with van der Waals surface area (Å²) in [6.45, 7) is 0.0150. The van der Waals surface area contributed by atoms with Crippen molar-refractivity contribution in [3.8, 4) is 0 Å². The molecule has 1 aliphatic carbocycles. The first kappa shape index (κ1) is 17.1. The van der Waals surface area contributed by atoms with Crippen LogP contribution in [-0.2, 0) is 17.0 Å². The summed E-state index contributed by atoms with van der Waals surface area (Å²) in [6, 6.07) is 8.01. The number of alkyl halides is 1. The molecule has 0 radical (unpaired) electrons. The summed E-state index contributed by atoms with van der Waals surface area (Å²) < 4.78 is 15.4. The fourth-order valence-corrected chi connectivity index (χ4v) is 3.40. The van der Waals surface area contributed by atoms with Crippen LogP contribution >= 0.6 is 23.2 Å². The van der Waals surface area contributed by atoms with Gasteiger partial charge in [-0.05, 0) is 31.0 Å². The van der Waals surface area contributed by atoms with E-state index in [2.05, 4.69) is 10.3 Å². The lowest BCUT2D eigenvalue weighted by atomic mass is 9.81. The van der Waals surface area contributed by atoms with E-state index < -0.39 is 17.7 Å². The number of amides is 1. The van der Waals surface area contributed by atoms with E-state index >= 15 is 4.39 Å². The molecule has 3 rings (SSSR count). The molecule has 0 unspecified atom stereocenters. The first-order valence-corrected chi connectivity index (χ1v) is 8.22. The molecule has 0 aliphatic heterocycles. The number of halogens is 3. The van der Waals surface area contributed by atoms with Gasteiger partial charge in [0.1, 0.15) is 0 Å². The van der Waals surface area contributed by atoms with Gasteiger partial charge >= 0.3 is 0 Å². The number of nitrogens with one attached hydrogen (secondary N) is 1. The first-order chi connectivity index (χ1) is 11.4. The maximum absolute atomic E-state index is 15.4. The second-order valence-corrected chi connectivity index (χ2v) is 6.49. The summed E-state index contributed by atoms with van der Waals surface area (Å²) in [5.41, 5.74) is -1.40. The largest absolute Gasteiger partial charge is 0.387 e. The van der Waals surface area contributed by atoms with E-state index in [0.29, 0.717) is 15.6 Å². The number of aliphatic hydroxyl groups excluding tert-OH is 1. The average Bonchev–Trinajstić information content (AvgIpc) is 2.58. The molecule has 2 atom stereocenters. The summed E-state index contributed by atoms with van der Waals surface area (Å²) in [5.74, 6) is -0.792. The Bertz CT molecular complexity index is 767. The fourth-order valence-electron chi connectivity index (χ4n) is 2.87. The van der Waals surface area contributed by atoms with Gasteiger partial charge in [-0.3, -0.25) is 9.78 Å². The molecule has 1 heterocycles. The van der Waals surface area contributed by atoms with Crippen LogP contribution in [0.1, 0.15) is 35.8 Å². The number of pyridine rings is 1. The minimum absolute atomic E-state index is 0.0150. The van der Waals surface area contributed by atoms with Crippen LogP contribution in [0.3, 0.4) is 0 Å². The number of hydrogen-bond acceptors (Lipinski definition) is 3. The lowest BCUT2D eigenvalue weighted by Crippen LogP contribution is -2.44. The zero-order valence-corrected chi connectivity index (χ0v) is 14.1. The fraction of sp³-hybridized carbons (Fsp3) is 0.294. The molecule has 2 aromatic rings. The highest BCUT2D eigenvalue weighted by molar-refractivity contribution is 6.36. The molecule has 1 aromatic heterocycles. The van der Waals surface area contributed by atoms with E-state index in [4.69, 9.17) is 23.2 Å². The highest BCUT2D eigenvalue weighted by Crippen LogP contribution is 2.42. The predicted octanol–water partition coefficient (Wildman–Crippen LogP) is 3.70. The normalized spacial score (nSPS) is 22.8. The molecule has 1 aromatic carbocycles. The van der Waals surface area contributed by atoms with Gasteiger partial charge in [-0.25, -0.2) is 4.39 Å². The molecular formula is C17H15Cl2FN2O2. The van der Waals surface area contributed by atoms with Crippen LogP contribution in [0.2, 0.25) is 10.0 Å². The highest BCUT2D eigenvalue weighted by atomic mass is 35.5. The van der Waals surface area contributed by atoms with Gasteiger partial charge in [0, 0.05) is 33.9 Å². The van der Waals surface area contributed by atoms with Gasteiger partial charge in [-0.15, -0.1) is 0 Å². The van der Waals surface area contributed by atoms with Crippen molar-refractivity contribution < 1.29 is 14.3 Å². The third-order valence-electron chi connectivity index (χ3n) is 4.19. The molecule has 0 saturated carbocycles. The Morgan fingerprint density at radius 2 is 2.04 bits per heavy atom. The van der Waals surface area contributed by atoms with Crippen LogP contribution in [0, 0.1) is 0 Å². The summed E-state index contributed by atoms with van der Waals surface area (Å²) >= 11 is 12.1. The molecule has 2 N–H and O–H groups in total. The van der Waals surface area contributed by atoms with Crippen molar-refractivity contribution in [1.82, 2.24) is 10.3 Å². The number of carbonyl (C=O) groups excluding carboxylic acids is 1. The zero-order chi connectivity index (χ0) is 17.3. The second-order valence-electron chi connectivity index (χ2n) is 5.67. The quantitative estimate of drug-likeness (QED) is 0.868. The van der Waals surface area contributed by atoms with Crippen LogP contribution in [0.25, 0.3) is 0 Å². The van der Waals surface area contributed by atoms with Gasteiger partial charge in [0.05, 0.1) is 11.8 Å². The summed E-state index contributed by atoms with van der Waals surface area (Å²) in [4.78, 5) is 16.5. The SMILES string of the molecule is O=C(NCc1c(Cl)cccc1Cl)[C@]1(F)CC[C@H](O)c2ncccc21. The van der Waals surface area contributed by atoms with Crippen molar-refractivity contribution in [2.45, 2.75) is 31.2 Å². The van der Waals surface area contributed by atoms with Crippen molar-refractivity contribution in [1.29, 1.82) is 0 Å². The Morgan fingerprint density at radius 3 is 2.75 bits per heavy atom. The Hall–Kier alpha value is -1.69. The van der Waals surface area contributed by atoms with Crippen LogP contribution in [0.15, 0.2) is 36.5 Å². The lowest BCUT2D eigenvalue weighted by molar-refractivity contribution is -0.135. The van der Waals surface area contributed by atoms with Gasteiger partial charge in [0.2, 0.25) is 5.67 Å². The summed E-state index contributed by atoms with van der Waals surface area (Å²) in [5, 5.41) is 13.3.